The molecular formula is C18H19N3O3. The molecule has 0 radical (unpaired) electrons. The third-order valence-corrected chi connectivity index (χ3v) is 3.83. The summed E-state index contributed by atoms with van der Waals surface area (Å²) >= 11 is 0. The van der Waals surface area contributed by atoms with E-state index in [1.807, 2.05) is 54.1 Å². The molecule has 124 valence electrons. The summed E-state index contributed by atoms with van der Waals surface area (Å²) in [4.78, 5) is 25.4. The van der Waals surface area contributed by atoms with Crippen molar-refractivity contribution in [3.05, 3.63) is 54.0 Å². The molecule has 6 heteroatoms. The van der Waals surface area contributed by atoms with Crippen molar-refractivity contribution in [2.45, 2.75) is 13.3 Å². The van der Waals surface area contributed by atoms with Gasteiger partial charge in [-0.15, -0.1) is 0 Å². The molecule has 0 unspecified atom stereocenters. The molecule has 3 amide bonds. The molecule has 1 aliphatic rings. The fourth-order valence-corrected chi connectivity index (χ4v) is 2.64. The topological polar surface area (TPSA) is 63.6 Å². The minimum Gasteiger partial charge on any atom is -0.497 e. The van der Waals surface area contributed by atoms with Crippen molar-refractivity contribution in [2.75, 3.05) is 13.7 Å². The largest absolute Gasteiger partial charge is 0.497 e. The number of nitrogens with one attached hydrogen (secondary N) is 1. The van der Waals surface area contributed by atoms with Crippen LogP contribution in [0.2, 0.25) is 0 Å². The number of carbonyl (C=O) groups excluding carboxylic acids is 2. The number of aromatic nitrogens is 1. The zero-order valence-corrected chi connectivity index (χ0v) is 13.7. The fourth-order valence-electron chi connectivity index (χ4n) is 2.64. The first-order valence-electron chi connectivity index (χ1n) is 7.80. The van der Waals surface area contributed by atoms with Crippen molar-refractivity contribution in [1.82, 2.24) is 14.8 Å². The van der Waals surface area contributed by atoms with E-state index in [1.54, 1.807) is 13.2 Å². The molecule has 1 aromatic heterocycles. The lowest BCUT2D eigenvalue weighted by molar-refractivity contribution is -0.122. The first-order valence-corrected chi connectivity index (χ1v) is 7.80. The number of methoxy groups -OCH3 is 1. The Labute approximate surface area is 140 Å². The second-order valence-corrected chi connectivity index (χ2v) is 5.45. The Balaban J connectivity index is 1.90. The molecule has 0 atom stereocenters. The Morgan fingerprint density at radius 3 is 2.58 bits per heavy atom. The van der Waals surface area contributed by atoms with Crippen molar-refractivity contribution >= 4 is 18.0 Å². The van der Waals surface area contributed by atoms with E-state index in [0.29, 0.717) is 12.2 Å². The Morgan fingerprint density at radius 1 is 1.17 bits per heavy atom. The van der Waals surface area contributed by atoms with Gasteiger partial charge >= 0.3 is 6.03 Å². The number of carbonyl (C=O) groups is 2. The zero-order valence-electron chi connectivity index (χ0n) is 13.7. The number of nitrogens with zero attached hydrogens (tertiary/aromatic N) is 2. The van der Waals surface area contributed by atoms with Gasteiger partial charge in [-0.25, -0.2) is 4.79 Å². The quantitative estimate of drug-likeness (QED) is 0.679. The lowest BCUT2D eigenvalue weighted by atomic mass is 10.2. The monoisotopic (exact) mass is 325 g/mol. The molecule has 1 N–H and O–H groups in total. The average molecular weight is 325 g/mol. The predicted molar refractivity (Wildman–Crippen MR) is 90.8 cm³/mol. The number of hydrogen-bond acceptors (Lipinski definition) is 3. The van der Waals surface area contributed by atoms with Gasteiger partial charge in [-0.1, -0.05) is 6.92 Å². The van der Waals surface area contributed by atoms with Gasteiger partial charge in [0.2, 0.25) is 0 Å². The Bertz CT molecular complexity index is 790. The highest BCUT2D eigenvalue weighted by Crippen LogP contribution is 2.20. The summed E-state index contributed by atoms with van der Waals surface area (Å²) in [6.45, 7) is 2.35. The molecular weight excluding hydrogens is 306 g/mol. The predicted octanol–water partition coefficient (Wildman–Crippen LogP) is 2.79. The highest BCUT2D eigenvalue weighted by molar-refractivity contribution is 6.13. The number of urea groups is 1. The highest BCUT2D eigenvalue weighted by Gasteiger charge is 2.32. The lowest BCUT2D eigenvalue weighted by Gasteiger charge is -2.09. The van der Waals surface area contributed by atoms with E-state index in [9.17, 15) is 9.59 Å². The van der Waals surface area contributed by atoms with Crippen LogP contribution in [0.5, 0.6) is 5.75 Å². The van der Waals surface area contributed by atoms with Crippen LogP contribution in [0.15, 0.2) is 48.3 Å². The van der Waals surface area contributed by atoms with Crippen molar-refractivity contribution in [1.29, 1.82) is 0 Å². The molecule has 1 aliphatic heterocycles. The van der Waals surface area contributed by atoms with Gasteiger partial charge in [0.15, 0.2) is 0 Å². The van der Waals surface area contributed by atoms with E-state index in [0.717, 1.165) is 23.6 Å². The molecule has 1 saturated heterocycles. The van der Waals surface area contributed by atoms with Crippen LogP contribution in [0.1, 0.15) is 19.0 Å². The van der Waals surface area contributed by atoms with E-state index in [1.165, 1.54) is 4.90 Å². The van der Waals surface area contributed by atoms with Gasteiger partial charge in [-0.2, -0.15) is 0 Å². The molecule has 1 aromatic carbocycles. The maximum Gasteiger partial charge on any atom is 0.329 e. The molecule has 24 heavy (non-hydrogen) atoms. The zero-order chi connectivity index (χ0) is 17.1. The summed E-state index contributed by atoms with van der Waals surface area (Å²) in [6, 6.07) is 11.0. The Kier molecular flexibility index (Phi) is 4.37. The minimum atomic E-state index is -0.365. The van der Waals surface area contributed by atoms with Crippen LogP contribution in [0, 0.1) is 0 Å². The number of imide groups is 1. The van der Waals surface area contributed by atoms with Crippen molar-refractivity contribution in [2.24, 2.45) is 0 Å². The van der Waals surface area contributed by atoms with E-state index >= 15 is 0 Å². The van der Waals surface area contributed by atoms with Crippen LogP contribution >= 0.6 is 0 Å². The van der Waals surface area contributed by atoms with Crippen LogP contribution in [0.3, 0.4) is 0 Å². The second-order valence-electron chi connectivity index (χ2n) is 5.45. The standard InChI is InChI=1S/C18H19N3O3/c1-3-10-21-17(22)16(19-18(21)23)12-14-5-4-11-20(14)13-6-8-15(24-2)9-7-13/h4-9,11-12H,3,10H2,1-2H3,(H,19,23)/b16-12+. The summed E-state index contributed by atoms with van der Waals surface area (Å²) in [5, 5.41) is 2.64. The van der Waals surface area contributed by atoms with Crippen LogP contribution in [0.25, 0.3) is 11.8 Å². The molecule has 1 fully saturated rings. The van der Waals surface area contributed by atoms with Crippen molar-refractivity contribution in [3.8, 4) is 11.4 Å². The van der Waals surface area contributed by atoms with Gasteiger partial charge in [0.05, 0.1) is 7.11 Å². The summed E-state index contributed by atoms with van der Waals surface area (Å²) in [6.07, 6.45) is 4.33. The molecule has 0 bridgehead atoms. The van der Waals surface area contributed by atoms with Gasteiger partial charge in [-0.3, -0.25) is 9.69 Å². The normalized spacial score (nSPS) is 15.9. The van der Waals surface area contributed by atoms with E-state index in [-0.39, 0.29) is 11.9 Å². The first-order chi connectivity index (χ1) is 11.6. The van der Waals surface area contributed by atoms with E-state index < -0.39 is 0 Å². The summed E-state index contributed by atoms with van der Waals surface area (Å²) < 4.78 is 7.11. The maximum absolute atomic E-state index is 12.3. The number of amides is 3. The van der Waals surface area contributed by atoms with E-state index in [2.05, 4.69) is 5.32 Å². The van der Waals surface area contributed by atoms with Crippen molar-refractivity contribution in [3.63, 3.8) is 0 Å². The molecule has 2 heterocycles. The molecule has 6 nitrogen and oxygen atoms in total. The average Bonchev–Trinajstić information content (AvgIpc) is 3.16. The number of hydrogen-bond donors (Lipinski definition) is 1. The number of benzene rings is 1. The highest BCUT2D eigenvalue weighted by atomic mass is 16.5. The van der Waals surface area contributed by atoms with Gasteiger partial charge in [0.25, 0.3) is 5.91 Å². The first kappa shape index (κ1) is 15.9. The molecule has 0 saturated carbocycles. The Hall–Kier alpha value is -3.02. The number of ether oxygens (including phenoxy) is 1. The van der Waals surface area contributed by atoms with Crippen LogP contribution in [-0.2, 0) is 4.79 Å². The summed E-state index contributed by atoms with van der Waals surface area (Å²) in [5.41, 5.74) is 2.04. The molecule has 3 rings (SSSR count). The molecule has 0 aliphatic carbocycles. The van der Waals surface area contributed by atoms with Crippen molar-refractivity contribution < 1.29 is 14.3 Å². The van der Waals surface area contributed by atoms with Gasteiger partial charge in [0.1, 0.15) is 11.4 Å². The Morgan fingerprint density at radius 2 is 1.92 bits per heavy atom. The maximum atomic E-state index is 12.3. The summed E-state index contributed by atoms with van der Waals surface area (Å²) in [7, 11) is 1.62. The van der Waals surface area contributed by atoms with Gasteiger partial charge in [0, 0.05) is 24.1 Å². The fraction of sp³-hybridized carbons (Fsp3) is 0.222. The SMILES string of the molecule is CCCN1C(=O)N/C(=C/c2cccn2-c2ccc(OC)cc2)C1=O. The van der Waals surface area contributed by atoms with Gasteiger partial charge in [-0.05, 0) is 48.9 Å². The molecule has 0 spiro atoms. The van der Waals surface area contributed by atoms with Gasteiger partial charge < -0.3 is 14.6 Å². The lowest BCUT2D eigenvalue weighted by Crippen LogP contribution is -2.31. The van der Waals surface area contributed by atoms with Crippen LogP contribution < -0.4 is 10.1 Å². The smallest absolute Gasteiger partial charge is 0.329 e. The molecule has 2 aromatic rings. The second kappa shape index (κ2) is 6.62. The van der Waals surface area contributed by atoms with E-state index in [4.69, 9.17) is 4.74 Å². The summed E-state index contributed by atoms with van der Waals surface area (Å²) in [5.74, 6) is 0.489. The van der Waals surface area contributed by atoms with Crippen LogP contribution in [-0.4, -0.2) is 35.1 Å². The third kappa shape index (κ3) is 2.90. The minimum absolute atomic E-state index is 0.288. The van der Waals surface area contributed by atoms with Crippen LogP contribution in [0.4, 0.5) is 4.79 Å². The number of rotatable bonds is 5. The third-order valence-electron chi connectivity index (χ3n) is 3.83.